The lowest BCUT2D eigenvalue weighted by Gasteiger charge is -2.34. The van der Waals surface area contributed by atoms with Gasteiger partial charge in [-0.15, -0.1) is 0 Å². The van der Waals surface area contributed by atoms with Crippen molar-refractivity contribution in [3.8, 4) is 5.75 Å². The second kappa shape index (κ2) is 8.65. The summed E-state index contributed by atoms with van der Waals surface area (Å²) in [6, 6.07) is 10.9. The van der Waals surface area contributed by atoms with Gasteiger partial charge in [0.2, 0.25) is 10.0 Å². The molecule has 6 nitrogen and oxygen atoms in total. The lowest BCUT2D eigenvalue weighted by molar-refractivity contribution is -0.138. The van der Waals surface area contributed by atoms with E-state index in [-0.39, 0.29) is 38.7 Å². The topological polar surface area (TPSA) is 66.9 Å². The van der Waals surface area contributed by atoms with Crippen LogP contribution in [-0.4, -0.2) is 56.3 Å². The van der Waals surface area contributed by atoms with Crippen molar-refractivity contribution < 1.29 is 31.1 Å². The third-order valence-corrected chi connectivity index (χ3v) is 6.73. The molecule has 0 radical (unpaired) electrons. The van der Waals surface area contributed by atoms with E-state index in [1.807, 2.05) is 19.1 Å². The van der Waals surface area contributed by atoms with E-state index in [0.717, 1.165) is 28.1 Å². The summed E-state index contributed by atoms with van der Waals surface area (Å²) in [5.41, 5.74) is -0.131. The van der Waals surface area contributed by atoms with Gasteiger partial charge < -0.3 is 9.64 Å². The number of carbonyl (C=O) groups is 1. The first kappa shape index (κ1) is 22.1. The van der Waals surface area contributed by atoms with E-state index < -0.39 is 26.7 Å². The summed E-state index contributed by atoms with van der Waals surface area (Å²) in [5.74, 6) is 0.311. The number of hydrogen-bond donors (Lipinski definition) is 0. The molecule has 0 spiro atoms. The van der Waals surface area contributed by atoms with Gasteiger partial charge in [0.25, 0.3) is 5.91 Å². The second-order valence-electron chi connectivity index (χ2n) is 6.86. The number of ether oxygens (including phenoxy) is 1. The number of amides is 1. The number of hydrogen-bond acceptors (Lipinski definition) is 4. The van der Waals surface area contributed by atoms with Gasteiger partial charge in [-0.2, -0.15) is 17.5 Å². The zero-order chi connectivity index (χ0) is 21.9. The number of para-hydroxylation sites is 1. The van der Waals surface area contributed by atoms with Crippen molar-refractivity contribution in [3.05, 3.63) is 59.7 Å². The molecule has 0 atom stereocenters. The summed E-state index contributed by atoms with van der Waals surface area (Å²) < 4.78 is 70.7. The van der Waals surface area contributed by atoms with Crippen molar-refractivity contribution in [1.29, 1.82) is 0 Å². The third-order valence-electron chi connectivity index (χ3n) is 4.84. The predicted octanol–water partition coefficient (Wildman–Crippen LogP) is 2.93. The van der Waals surface area contributed by atoms with Gasteiger partial charge in [0.15, 0.2) is 6.61 Å². The Labute approximate surface area is 172 Å². The summed E-state index contributed by atoms with van der Waals surface area (Å²) in [6.07, 6.45) is -4.63. The predicted molar refractivity (Wildman–Crippen MR) is 103 cm³/mol. The maximum Gasteiger partial charge on any atom is 0.416 e. The summed E-state index contributed by atoms with van der Waals surface area (Å²) in [6.45, 7) is 1.94. The highest BCUT2D eigenvalue weighted by Gasteiger charge is 2.34. The van der Waals surface area contributed by atoms with E-state index in [4.69, 9.17) is 4.74 Å². The van der Waals surface area contributed by atoms with Crippen LogP contribution < -0.4 is 4.74 Å². The lowest BCUT2D eigenvalue weighted by atomic mass is 10.2. The van der Waals surface area contributed by atoms with Gasteiger partial charge in [0, 0.05) is 26.2 Å². The molecule has 0 aliphatic carbocycles. The molecule has 3 rings (SSSR count). The minimum atomic E-state index is -4.63. The van der Waals surface area contributed by atoms with Crippen LogP contribution >= 0.6 is 0 Å². The van der Waals surface area contributed by atoms with Crippen LogP contribution in [0.3, 0.4) is 0 Å². The second-order valence-corrected chi connectivity index (χ2v) is 8.80. The summed E-state index contributed by atoms with van der Waals surface area (Å²) in [7, 11) is -4.09. The molecule has 2 aromatic rings. The van der Waals surface area contributed by atoms with Gasteiger partial charge in [-0.1, -0.05) is 24.3 Å². The maximum absolute atomic E-state index is 12.9. The molecule has 1 saturated heterocycles. The van der Waals surface area contributed by atoms with Crippen LogP contribution in [0.1, 0.15) is 11.1 Å². The van der Waals surface area contributed by atoms with Crippen LogP contribution in [-0.2, 0) is 21.0 Å². The molecule has 1 fully saturated rings. The van der Waals surface area contributed by atoms with Crippen LogP contribution in [0, 0.1) is 6.92 Å². The van der Waals surface area contributed by atoms with Crippen molar-refractivity contribution in [1.82, 2.24) is 9.21 Å². The van der Waals surface area contributed by atoms with Crippen molar-refractivity contribution in [2.75, 3.05) is 32.8 Å². The Kier molecular flexibility index (Phi) is 6.37. The zero-order valence-corrected chi connectivity index (χ0v) is 17.0. The van der Waals surface area contributed by atoms with Gasteiger partial charge in [-0.3, -0.25) is 4.79 Å². The Bertz CT molecular complexity index is 1020. The van der Waals surface area contributed by atoms with Crippen LogP contribution in [0.5, 0.6) is 5.75 Å². The number of sulfonamides is 1. The normalized spacial score (nSPS) is 15.8. The van der Waals surface area contributed by atoms with Crippen molar-refractivity contribution in [2.24, 2.45) is 0 Å². The number of alkyl halides is 3. The monoisotopic (exact) mass is 442 g/mol. The number of piperazine rings is 1. The quantitative estimate of drug-likeness (QED) is 0.714. The average Bonchev–Trinajstić information content (AvgIpc) is 2.72. The number of nitrogens with zero attached hydrogens (tertiary/aromatic N) is 2. The number of carbonyl (C=O) groups excluding carboxylic acids is 1. The molecule has 0 N–H and O–H groups in total. The SMILES string of the molecule is Cc1ccccc1OCC(=O)N1CCN(S(=O)(=O)c2cccc(C(F)(F)F)c2)CC1. The molecule has 10 heteroatoms. The van der Waals surface area contributed by atoms with Gasteiger partial charge in [0.05, 0.1) is 10.5 Å². The molecule has 1 aliphatic heterocycles. The van der Waals surface area contributed by atoms with E-state index in [9.17, 15) is 26.4 Å². The first-order valence-corrected chi connectivity index (χ1v) is 10.7. The Morgan fingerprint density at radius 1 is 1.03 bits per heavy atom. The molecule has 30 heavy (non-hydrogen) atoms. The Hall–Kier alpha value is -2.59. The Morgan fingerprint density at radius 3 is 2.33 bits per heavy atom. The minimum Gasteiger partial charge on any atom is -0.484 e. The summed E-state index contributed by atoms with van der Waals surface area (Å²) in [5, 5.41) is 0. The molecule has 162 valence electrons. The van der Waals surface area contributed by atoms with Crippen molar-refractivity contribution in [3.63, 3.8) is 0 Å². The smallest absolute Gasteiger partial charge is 0.416 e. The number of halogens is 3. The molecule has 0 unspecified atom stereocenters. The van der Waals surface area contributed by atoms with E-state index in [1.165, 1.54) is 4.90 Å². The van der Waals surface area contributed by atoms with Gasteiger partial charge in [-0.25, -0.2) is 8.42 Å². The van der Waals surface area contributed by atoms with Crippen LogP contribution in [0.4, 0.5) is 13.2 Å². The fourth-order valence-corrected chi connectivity index (χ4v) is 4.58. The molecule has 1 aliphatic rings. The fourth-order valence-electron chi connectivity index (χ4n) is 3.11. The lowest BCUT2D eigenvalue weighted by Crippen LogP contribution is -2.51. The summed E-state index contributed by atoms with van der Waals surface area (Å²) >= 11 is 0. The molecular weight excluding hydrogens is 421 g/mol. The number of rotatable bonds is 5. The molecule has 2 aromatic carbocycles. The van der Waals surface area contributed by atoms with Crippen LogP contribution in [0.15, 0.2) is 53.4 Å². The average molecular weight is 442 g/mol. The summed E-state index contributed by atoms with van der Waals surface area (Å²) in [4.78, 5) is 13.4. The highest BCUT2D eigenvalue weighted by Crippen LogP contribution is 2.31. The molecule has 1 heterocycles. The Balaban J connectivity index is 1.61. The van der Waals surface area contributed by atoms with Crippen LogP contribution in [0.2, 0.25) is 0 Å². The molecule has 1 amide bonds. The zero-order valence-electron chi connectivity index (χ0n) is 16.2. The Morgan fingerprint density at radius 2 is 1.70 bits per heavy atom. The van der Waals surface area contributed by atoms with E-state index in [2.05, 4.69) is 0 Å². The van der Waals surface area contributed by atoms with Crippen LogP contribution in [0.25, 0.3) is 0 Å². The van der Waals surface area contributed by atoms with Crippen molar-refractivity contribution in [2.45, 2.75) is 18.0 Å². The van der Waals surface area contributed by atoms with E-state index in [0.29, 0.717) is 11.8 Å². The van der Waals surface area contributed by atoms with Gasteiger partial charge >= 0.3 is 6.18 Å². The number of benzene rings is 2. The highest BCUT2D eigenvalue weighted by atomic mass is 32.2. The van der Waals surface area contributed by atoms with E-state index >= 15 is 0 Å². The fraction of sp³-hybridized carbons (Fsp3) is 0.350. The molecule has 0 bridgehead atoms. The largest absolute Gasteiger partial charge is 0.484 e. The first-order chi connectivity index (χ1) is 14.1. The van der Waals surface area contributed by atoms with Crippen molar-refractivity contribution >= 4 is 15.9 Å². The highest BCUT2D eigenvalue weighted by molar-refractivity contribution is 7.89. The first-order valence-electron chi connectivity index (χ1n) is 9.22. The molecule has 0 saturated carbocycles. The van der Waals surface area contributed by atoms with Gasteiger partial charge in [0.1, 0.15) is 5.75 Å². The molecule has 0 aromatic heterocycles. The van der Waals surface area contributed by atoms with Gasteiger partial charge in [-0.05, 0) is 36.8 Å². The van der Waals surface area contributed by atoms with E-state index in [1.54, 1.807) is 12.1 Å². The minimum absolute atomic E-state index is 0.00527. The third kappa shape index (κ3) is 4.93. The maximum atomic E-state index is 12.9. The molecular formula is C20H21F3N2O4S. The number of aryl methyl sites for hydroxylation is 1. The standard InChI is InChI=1S/C20H21F3N2O4S/c1-15-5-2-3-8-18(15)29-14-19(26)24-9-11-25(12-10-24)30(27,28)17-7-4-6-16(13-17)20(21,22)23/h2-8,13H,9-12,14H2,1H3.